The molecule has 0 unspecified atom stereocenters. The number of nitrogens with two attached hydrogens (primary N) is 1. The van der Waals surface area contributed by atoms with Gasteiger partial charge in [-0.2, -0.15) is 0 Å². The summed E-state index contributed by atoms with van der Waals surface area (Å²) in [6, 6.07) is 5.86. The first-order valence-corrected chi connectivity index (χ1v) is 8.06. The minimum atomic E-state index is 0.433. The molecular weight excluding hydrogens is 330 g/mol. The molecule has 21 heavy (non-hydrogen) atoms. The van der Waals surface area contributed by atoms with Crippen molar-refractivity contribution in [1.29, 1.82) is 0 Å². The van der Waals surface area contributed by atoms with Crippen LogP contribution in [0.3, 0.4) is 0 Å². The molecule has 1 aliphatic carbocycles. The summed E-state index contributed by atoms with van der Waals surface area (Å²) in [5.41, 5.74) is 9.05. The molecule has 5 heteroatoms. The van der Waals surface area contributed by atoms with Crippen LogP contribution in [0, 0.1) is 0 Å². The quantitative estimate of drug-likeness (QED) is 0.858. The molecule has 1 aliphatic rings. The topological polar surface area (TPSA) is 61.0 Å². The second kappa shape index (κ2) is 6.54. The summed E-state index contributed by atoms with van der Waals surface area (Å²) in [4.78, 5) is 8.76. The van der Waals surface area contributed by atoms with E-state index in [1.165, 1.54) is 19.3 Å². The summed E-state index contributed by atoms with van der Waals surface area (Å²) in [6.45, 7) is 0.433. The lowest BCUT2D eigenvalue weighted by molar-refractivity contribution is 0.447. The third-order valence-electron chi connectivity index (χ3n) is 3.78. The van der Waals surface area contributed by atoms with Gasteiger partial charge in [0.2, 0.25) is 5.88 Å². The van der Waals surface area contributed by atoms with Gasteiger partial charge in [-0.1, -0.05) is 22.4 Å². The van der Waals surface area contributed by atoms with Crippen molar-refractivity contribution in [1.82, 2.24) is 9.97 Å². The van der Waals surface area contributed by atoms with Gasteiger partial charge in [0.25, 0.3) is 0 Å². The van der Waals surface area contributed by atoms with Crippen LogP contribution in [0.15, 0.2) is 29.0 Å². The summed E-state index contributed by atoms with van der Waals surface area (Å²) < 4.78 is 7.05. The number of fused-ring (bicyclic) bond motifs is 1. The molecule has 0 aliphatic heterocycles. The number of ether oxygens (including phenoxy) is 1. The van der Waals surface area contributed by atoms with Crippen molar-refractivity contribution >= 4 is 15.9 Å². The number of benzene rings is 1. The highest BCUT2D eigenvalue weighted by molar-refractivity contribution is 9.10. The Bertz CT molecular complexity index is 645. The molecule has 2 N–H and O–H groups in total. The second-order valence-electron chi connectivity index (χ2n) is 5.22. The van der Waals surface area contributed by atoms with Crippen molar-refractivity contribution in [2.24, 2.45) is 5.73 Å². The second-order valence-corrected chi connectivity index (χ2v) is 6.14. The Labute approximate surface area is 132 Å². The third kappa shape index (κ3) is 3.24. The maximum Gasteiger partial charge on any atom is 0.225 e. The molecule has 0 radical (unpaired) electrons. The molecule has 0 amide bonds. The van der Waals surface area contributed by atoms with Crippen LogP contribution in [0.4, 0.5) is 0 Å². The van der Waals surface area contributed by atoms with Gasteiger partial charge in [-0.15, -0.1) is 0 Å². The molecule has 0 saturated heterocycles. The van der Waals surface area contributed by atoms with Gasteiger partial charge >= 0.3 is 0 Å². The summed E-state index contributed by atoms with van der Waals surface area (Å²) in [7, 11) is 0. The van der Waals surface area contributed by atoms with E-state index in [-0.39, 0.29) is 0 Å². The number of nitrogens with zero attached hydrogens (tertiary/aromatic N) is 2. The summed E-state index contributed by atoms with van der Waals surface area (Å²) in [5.74, 6) is 1.45. The Morgan fingerprint density at radius 1 is 1.14 bits per heavy atom. The van der Waals surface area contributed by atoms with Crippen LogP contribution in [-0.2, 0) is 19.4 Å². The van der Waals surface area contributed by atoms with Crippen LogP contribution < -0.4 is 10.5 Å². The van der Waals surface area contributed by atoms with Gasteiger partial charge in [0.1, 0.15) is 12.1 Å². The normalized spacial score (nSPS) is 14.4. The first-order valence-electron chi connectivity index (χ1n) is 7.27. The van der Waals surface area contributed by atoms with Crippen molar-refractivity contribution in [3.63, 3.8) is 0 Å². The lowest BCUT2D eigenvalue weighted by atomic mass is 10.1. The van der Waals surface area contributed by atoms with Crippen molar-refractivity contribution in [3.8, 4) is 11.6 Å². The number of halogens is 1. The monoisotopic (exact) mass is 347 g/mol. The maximum absolute atomic E-state index is 6.06. The number of aromatic nitrogens is 2. The molecule has 4 nitrogen and oxygen atoms in total. The molecule has 0 saturated carbocycles. The van der Waals surface area contributed by atoms with E-state index in [0.717, 1.165) is 39.9 Å². The Hall–Kier alpha value is -1.46. The first-order chi connectivity index (χ1) is 10.3. The number of hydrogen-bond acceptors (Lipinski definition) is 4. The zero-order valence-corrected chi connectivity index (χ0v) is 13.4. The van der Waals surface area contributed by atoms with Gasteiger partial charge in [-0.25, -0.2) is 9.97 Å². The molecule has 110 valence electrons. The summed E-state index contributed by atoms with van der Waals surface area (Å²) in [5, 5.41) is 0. The van der Waals surface area contributed by atoms with E-state index in [2.05, 4.69) is 25.9 Å². The molecule has 0 fully saturated rings. The Kier molecular flexibility index (Phi) is 4.51. The highest BCUT2D eigenvalue weighted by Crippen LogP contribution is 2.31. The maximum atomic E-state index is 6.06. The number of aryl methyl sites for hydroxylation is 1. The van der Waals surface area contributed by atoms with Gasteiger partial charge in [-0.3, -0.25) is 0 Å². The fraction of sp³-hybridized carbons (Fsp3) is 0.375. The lowest BCUT2D eigenvalue weighted by Crippen LogP contribution is -2.04. The lowest BCUT2D eigenvalue weighted by Gasteiger charge is -2.13. The smallest absolute Gasteiger partial charge is 0.225 e. The minimum absolute atomic E-state index is 0.433. The molecule has 1 aromatic carbocycles. The van der Waals surface area contributed by atoms with E-state index in [1.807, 2.05) is 18.2 Å². The average Bonchev–Trinajstić information content (AvgIpc) is 2.75. The molecule has 3 rings (SSSR count). The number of hydrogen-bond donors (Lipinski definition) is 1. The summed E-state index contributed by atoms with van der Waals surface area (Å²) >= 11 is 3.46. The highest BCUT2D eigenvalue weighted by atomic mass is 79.9. The van der Waals surface area contributed by atoms with Crippen molar-refractivity contribution < 1.29 is 4.74 Å². The van der Waals surface area contributed by atoms with Gasteiger partial charge in [0.05, 0.1) is 5.69 Å². The minimum Gasteiger partial charge on any atom is -0.438 e. The largest absolute Gasteiger partial charge is 0.438 e. The average molecular weight is 348 g/mol. The predicted octanol–water partition coefficient (Wildman–Crippen LogP) is 3.76. The summed E-state index contributed by atoms with van der Waals surface area (Å²) in [6.07, 6.45) is 7.19. The van der Waals surface area contributed by atoms with Crippen LogP contribution in [0.25, 0.3) is 0 Å². The molecule has 1 aromatic heterocycles. The fourth-order valence-electron chi connectivity index (χ4n) is 2.67. The molecule has 1 heterocycles. The molecular formula is C16H18BrN3O. The van der Waals surface area contributed by atoms with Crippen LogP contribution >= 0.6 is 15.9 Å². The van der Waals surface area contributed by atoms with E-state index in [9.17, 15) is 0 Å². The van der Waals surface area contributed by atoms with Crippen molar-refractivity contribution in [2.75, 3.05) is 0 Å². The Morgan fingerprint density at radius 2 is 2.00 bits per heavy atom. The van der Waals surface area contributed by atoms with Crippen LogP contribution in [0.1, 0.15) is 36.1 Å². The zero-order chi connectivity index (χ0) is 14.7. The van der Waals surface area contributed by atoms with Gasteiger partial charge in [0, 0.05) is 22.1 Å². The van der Waals surface area contributed by atoms with E-state index in [4.69, 9.17) is 10.5 Å². The SMILES string of the molecule is NCc1cc(Br)ccc1Oc1ncnc2c1CCCCC2. The standard InChI is InChI=1S/C16H18BrN3O/c17-12-6-7-15(11(8-12)9-18)21-16-13-4-2-1-3-5-14(13)19-10-20-16/h6-8,10H,1-5,9,18H2. The van der Waals surface area contributed by atoms with E-state index < -0.39 is 0 Å². The molecule has 0 bridgehead atoms. The van der Waals surface area contributed by atoms with Crippen molar-refractivity contribution in [3.05, 3.63) is 45.8 Å². The van der Waals surface area contributed by atoms with Crippen LogP contribution in [0.2, 0.25) is 0 Å². The molecule has 2 aromatic rings. The fourth-order valence-corrected chi connectivity index (χ4v) is 3.08. The Balaban J connectivity index is 1.95. The first kappa shape index (κ1) is 14.5. The van der Waals surface area contributed by atoms with Gasteiger partial charge in [-0.05, 0) is 43.9 Å². The van der Waals surface area contributed by atoms with E-state index in [1.54, 1.807) is 6.33 Å². The van der Waals surface area contributed by atoms with Gasteiger partial charge < -0.3 is 10.5 Å². The highest BCUT2D eigenvalue weighted by Gasteiger charge is 2.16. The van der Waals surface area contributed by atoms with Crippen molar-refractivity contribution in [2.45, 2.75) is 38.6 Å². The van der Waals surface area contributed by atoms with Crippen LogP contribution in [-0.4, -0.2) is 9.97 Å². The number of rotatable bonds is 3. The zero-order valence-electron chi connectivity index (χ0n) is 11.8. The Morgan fingerprint density at radius 3 is 2.86 bits per heavy atom. The van der Waals surface area contributed by atoms with E-state index in [0.29, 0.717) is 12.4 Å². The van der Waals surface area contributed by atoms with Crippen LogP contribution in [0.5, 0.6) is 11.6 Å². The van der Waals surface area contributed by atoms with E-state index >= 15 is 0 Å². The van der Waals surface area contributed by atoms with Gasteiger partial charge in [0.15, 0.2) is 0 Å². The molecule has 0 atom stereocenters. The predicted molar refractivity (Wildman–Crippen MR) is 85.4 cm³/mol. The molecule has 0 spiro atoms. The third-order valence-corrected chi connectivity index (χ3v) is 4.28.